The van der Waals surface area contributed by atoms with Gasteiger partial charge in [0, 0.05) is 30.8 Å². The zero-order chi connectivity index (χ0) is 12.8. The highest BCUT2D eigenvalue weighted by Gasteiger charge is 2.11. The molecule has 0 aliphatic carbocycles. The summed E-state index contributed by atoms with van der Waals surface area (Å²) in [4.78, 5) is 10.1. The Kier molecular flexibility index (Phi) is 5.06. The van der Waals surface area contributed by atoms with E-state index < -0.39 is 4.92 Å². The Morgan fingerprint density at radius 3 is 2.41 bits per heavy atom. The van der Waals surface area contributed by atoms with Crippen LogP contribution in [-0.4, -0.2) is 22.7 Å². The number of nitro groups is 1. The summed E-state index contributed by atoms with van der Waals surface area (Å²) in [6.07, 6.45) is 0.692. The second kappa shape index (κ2) is 6.32. The van der Waals surface area contributed by atoms with Crippen molar-refractivity contribution < 1.29 is 10.0 Å². The van der Waals surface area contributed by atoms with Crippen LogP contribution < -0.4 is 5.32 Å². The molecule has 1 aromatic rings. The molecular weight excluding hydrogens is 220 g/mol. The number of nitro benzene ring substituents is 1. The van der Waals surface area contributed by atoms with E-state index in [0.717, 1.165) is 5.56 Å². The van der Waals surface area contributed by atoms with E-state index in [1.165, 1.54) is 12.1 Å². The highest BCUT2D eigenvalue weighted by molar-refractivity contribution is 5.34. The lowest BCUT2D eigenvalue weighted by Crippen LogP contribution is -2.29. The van der Waals surface area contributed by atoms with Gasteiger partial charge in [0.05, 0.1) is 4.92 Å². The number of non-ortho nitro benzene ring substituents is 1. The van der Waals surface area contributed by atoms with Crippen LogP contribution in [0.3, 0.4) is 0 Å². The quantitative estimate of drug-likeness (QED) is 0.587. The molecule has 1 aromatic carbocycles. The van der Waals surface area contributed by atoms with Gasteiger partial charge in [0.2, 0.25) is 0 Å². The number of rotatable bonds is 6. The number of nitrogens with one attached hydrogen (secondary N) is 1. The number of aliphatic hydroxyl groups excluding tert-OH is 1. The van der Waals surface area contributed by atoms with Gasteiger partial charge >= 0.3 is 0 Å². The van der Waals surface area contributed by atoms with Gasteiger partial charge in [-0.15, -0.1) is 0 Å². The van der Waals surface area contributed by atoms with E-state index in [9.17, 15) is 10.1 Å². The molecule has 17 heavy (non-hydrogen) atoms. The molecule has 1 unspecified atom stereocenters. The molecule has 0 saturated carbocycles. The summed E-state index contributed by atoms with van der Waals surface area (Å²) in [6.45, 7) is 4.15. The Labute approximate surface area is 101 Å². The largest absolute Gasteiger partial charge is 0.396 e. The number of nitrogens with zero attached hydrogens (tertiary/aromatic N) is 1. The van der Waals surface area contributed by atoms with Crippen molar-refractivity contribution in [3.63, 3.8) is 0 Å². The minimum absolute atomic E-state index is 0.101. The van der Waals surface area contributed by atoms with E-state index in [4.69, 9.17) is 5.11 Å². The molecular formula is C12H18N2O3. The van der Waals surface area contributed by atoms with Gasteiger partial charge in [0.1, 0.15) is 0 Å². The van der Waals surface area contributed by atoms with Crippen LogP contribution in [0.4, 0.5) is 5.69 Å². The lowest BCUT2D eigenvalue weighted by molar-refractivity contribution is -0.384. The van der Waals surface area contributed by atoms with Crippen LogP contribution >= 0.6 is 0 Å². The van der Waals surface area contributed by atoms with Gasteiger partial charge in [-0.3, -0.25) is 10.1 Å². The summed E-state index contributed by atoms with van der Waals surface area (Å²) in [5.41, 5.74) is 1.10. The molecule has 0 amide bonds. The first-order valence-corrected chi connectivity index (χ1v) is 5.66. The molecule has 0 bridgehead atoms. The van der Waals surface area contributed by atoms with Crippen molar-refractivity contribution in [3.8, 4) is 0 Å². The first-order chi connectivity index (χ1) is 8.04. The Morgan fingerprint density at radius 1 is 1.35 bits per heavy atom. The maximum absolute atomic E-state index is 10.5. The van der Waals surface area contributed by atoms with Crippen LogP contribution in [-0.2, 0) is 0 Å². The standard InChI is InChI=1S/C12H18N2O3/c1-9(7-8-15)13-10(2)11-3-5-12(6-4-11)14(16)17/h3-6,9-10,13,15H,7-8H2,1-2H3/t9-,10?/m1/s1. The van der Waals surface area contributed by atoms with Gasteiger partial charge in [-0.05, 0) is 25.8 Å². The average Bonchev–Trinajstić information content (AvgIpc) is 2.29. The van der Waals surface area contributed by atoms with E-state index in [0.29, 0.717) is 6.42 Å². The minimum atomic E-state index is -0.406. The Balaban J connectivity index is 2.63. The van der Waals surface area contributed by atoms with Gasteiger partial charge in [-0.1, -0.05) is 12.1 Å². The lowest BCUT2D eigenvalue weighted by Gasteiger charge is -2.19. The first-order valence-electron chi connectivity index (χ1n) is 5.66. The molecule has 0 radical (unpaired) electrons. The second-order valence-corrected chi connectivity index (χ2v) is 4.15. The Bertz CT molecular complexity index is 365. The third-order valence-corrected chi connectivity index (χ3v) is 2.70. The van der Waals surface area contributed by atoms with E-state index in [-0.39, 0.29) is 24.4 Å². The van der Waals surface area contributed by atoms with Crippen molar-refractivity contribution >= 4 is 5.69 Å². The van der Waals surface area contributed by atoms with Crippen LogP contribution in [0.25, 0.3) is 0 Å². The SMILES string of the molecule is CC(N[C@H](C)CCO)c1ccc([N+](=O)[O-])cc1. The molecule has 0 aromatic heterocycles. The normalized spacial score (nSPS) is 14.3. The monoisotopic (exact) mass is 238 g/mol. The van der Waals surface area contributed by atoms with Crippen molar-refractivity contribution in [2.75, 3.05) is 6.61 Å². The number of hydrogen-bond acceptors (Lipinski definition) is 4. The molecule has 94 valence electrons. The van der Waals surface area contributed by atoms with E-state index in [1.807, 2.05) is 13.8 Å². The van der Waals surface area contributed by atoms with Gasteiger partial charge in [0.25, 0.3) is 5.69 Å². The number of benzene rings is 1. The van der Waals surface area contributed by atoms with Crippen LogP contribution in [0.2, 0.25) is 0 Å². The fourth-order valence-corrected chi connectivity index (χ4v) is 1.68. The maximum Gasteiger partial charge on any atom is 0.269 e. The van der Waals surface area contributed by atoms with Gasteiger partial charge < -0.3 is 10.4 Å². The Morgan fingerprint density at radius 2 is 1.94 bits per heavy atom. The van der Waals surface area contributed by atoms with Crippen molar-refractivity contribution in [2.45, 2.75) is 32.4 Å². The van der Waals surface area contributed by atoms with E-state index >= 15 is 0 Å². The second-order valence-electron chi connectivity index (χ2n) is 4.15. The molecule has 2 N–H and O–H groups in total. The minimum Gasteiger partial charge on any atom is -0.396 e. The van der Waals surface area contributed by atoms with Crippen molar-refractivity contribution in [2.24, 2.45) is 0 Å². The summed E-state index contributed by atoms with van der Waals surface area (Å²) in [5, 5.41) is 22.6. The summed E-state index contributed by atoms with van der Waals surface area (Å²) < 4.78 is 0. The fraction of sp³-hybridized carbons (Fsp3) is 0.500. The predicted octanol–water partition coefficient (Wildman–Crippen LogP) is 2.02. The van der Waals surface area contributed by atoms with Gasteiger partial charge in [-0.25, -0.2) is 0 Å². The number of aliphatic hydroxyl groups is 1. The zero-order valence-corrected chi connectivity index (χ0v) is 10.1. The molecule has 0 aliphatic rings. The lowest BCUT2D eigenvalue weighted by atomic mass is 10.1. The molecule has 1 rings (SSSR count). The van der Waals surface area contributed by atoms with Crippen molar-refractivity contribution in [1.82, 2.24) is 5.32 Å². The molecule has 2 atom stereocenters. The highest BCUT2D eigenvalue weighted by Crippen LogP contribution is 2.18. The molecule has 5 nitrogen and oxygen atoms in total. The first kappa shape index (κ1) is 13.6. The van der Waals surface area contributed by atoms with Crippen LogP contribution in [0.1, 0.15) is 31.9 Å². The van der Waals surface area contributed by atoms with Crippen LogP contribution in [0.5, 0.6) is 0 Å². The summed E-state index contributed by atoms with van der Waals surface area (Å²) >= 11 is 0. The maximum atomic E-state index is 10.5. The van der Waals surface area contributed by atoms with E-state index in [2.05, 4.69) is 5.32 Å². The van der Waals surface area contributed by atoms with Gasteiger partial charge in [0.15, 0.2) is 0 Å². The molecule has 0 aliphatic heterocycles. The van der Waals surface area contributed by atoms with Crippen LogP contribution in [0, 0.1) is 10.1 Å². The molecule has 0 fully saturated rings. The third-order valence-electron chi connectivity index (χ3n) is 2.70. The third kappa shape index (κ3) is 4.13. The topological polar surface area (TPSA) is 75.4 Å². The zero-order valence-electron chi connectivity index (χ0n) is 10.1. The smallest absolute Gasteiger partial charge is 0.269 e. The Hall–Kier alpha value is -1.46. The molecule has 0 saturated heterocycles. The molecule has 5 heteroatoms. The summed E-state index contributed by atoms with van der Waals surface area (Å²) in [6, 6.07) is 6.83. The predicted molar refractivity (Wildman–Crippen MR) is 65.8 cm³/mol. The van der Waals surface area contributed by atoms with Gasteiger partial charge in [-0.2, -0.15) is 0 Å². The summed E-state index contributed by atoms with van der Waals surface area (Å²) in [5.74, 6) is 0. The highest BCUT2D eigenvalue weighted by atomic mass is 16.6. The number of hydrogen-bond donors (Lipinski definition) is 2. The van der Waals surface area contributed by atoms with Crippen LogP contribution in [0.15, 0.2) is 24.3 Å². The molecule has 0 spiro atoms. The molecule has 0 heterocycles. The van der Waals surface area contributed by atoms with E-state index in [1.54, 1.807) is 12.1 Å². The van der Waals surface area contributed by atoms with Crippen molar-refractivity contribution in [1.29, 1.82) is 0 Å². The summed E-state index contributed by atoms with van der Waals surface area (Å²) in [7, 11) is 0. The van der Waals surface area contributed by atoms with Crippen molar-refractivity contribution in [3.05, 3.63) is 39.9 Å². The fourth-order valence-electron chi connectivity index (χ4n) is 1.68. The average molecular weight is 238 g/mol.